The molecular weight excluding hydrogens is 308 g/mol. The fourth-order valence-electron chi connectivity index (χ4n) is 3.73. The monoisotopic (exact) mass is 330 g/mol. The van der Waals surface area contributed by atoms with Crippen molar-refractivity contribution in [2.75, 3.05) is 12.3 Å². The Labute approximate surface area is 139 Å². The standard InChI is InChI=1S/C17H22N4O3/c18-15-14-12(10-4-2-1-3-5-10)7-21(16(14)20-9-19-15)17-13(23)6-11(8-22)24-17/h4,7,9,11,13,17,22-23H,1-3,5-6,8H2,(H2,18,19,20)/t11-,13+,17+/m0/s1. The summed E-state index contributed by atoms with van der Waals surface area (Å²) in [5, 5.41) is 20.5. The van der Waals surface area contributed by atoms with Crippen LogP contribution in [-0.2, 0) is 4.74 Å². The number of aliphatic hydroxyl groups is 2. The molecule has 24 heavy (non-hydrogen) atoms. The number of allylic oxidation sites excluding steroid dienone is 2. The van der Waals surface area contributed by atoms with Gasteiger partial charge in [-0.05, 0) is 31.3 Å². The maximum absolute atomic E-state index is 10.3. The Morgan fingerprint density at radius 2 is 2.21 bits per heavy atom. The van der Waals surface area contributed by atoms with Crippen LogP contribution in [-0.4, -0.2) is 43.6 Å². The van der Waals surface area contributed by atoms with Crippen molar-refractivity contribution in [1.29, 1.82) is 0 Å². The van der Waals surface area contributed by atoms with Gasteiger partial charge in [0.05, 0.1) is 18.1 Å². The number of ether oxygens (including phenoxy) is 1. The summed E-state index contributed by atoms with van der Waals surface area (Å²) in [7, 11) is 0. The van der Waals surface area contributed by atoms with Crippen molar-refractivity contribution in [2.45, 2.75) is 50.5 Å². The summed E-state index contributed by atoms with van der Waals surface area (Å²) in [5.41, 5.74) is 9.06. The van der Waals surface area contributed by atoms with Gasteiger partial charge in [-0.25, -0.2) is 9.97 Å². The number of nitrogen functional groups attached to an aromatic ring is 1. The van der Waals surface area contributed by atoms with Crippen LogP contribution < -0.4 is 5.73 Å². The zero-order chi connectivity index (χ0) is 16.7. The Hall–Kier alpha value is -1.96. The predicted octanol–water partition coefficient (Wildman–Crippen LogP) is 1.61. The number of hydrogen-bond donors (Lipinski definition) is 3. The van der Waals surface area contributed by atoms with Crippen molar-refractivity contribution in [3.05, 3.63) is 24.2 Å². The number of fused-ring (bicyclic) bond motifs is 1. The predicted molar refractivity (Wildman–Crippen MR) is 90.0 cm³/mol. The van der Waals surface area contributed by atoms with E-state index in [0.717, 1.165) is 30.2 Å². The van der Waals surface area contributed by atoms with Crippen LogP contribution in [0.25, 0.3) is 16.6 Å². The van der Waals surface area contributed by atoms with Gasteiger partial charge in [0.1, 0.15) is 23.9 Å². The second-order valence-electron chi connectivity index (χ2n) is 6.52. The first-order valence-electron chi connectivity index (χ1n) is 8.44. The highest BCUT2D eigenvalue weighted by atomic mass is 16.5. The van der Waals surface area contributed by atoms with E-state index in [1.54, 1.807) is 0 Å². The van der Waals surface area contributed by atoms with Gasteiger partial charge >= 0.3 is 0 Å². The summed E-state index contributed by atoms with van der Waals surface area (Å²) in [6.07, 6.45) is 8.83. The third-order valence-electron chi connectivity index (χ3n) is 4.92. The molecule has 0 aromatic carbocycles. The molecule has 1 aliphatic heterocycles. The van der Waals surface area contributed by atoms with Crippen molar-refractivity contribution < 1.29 is 14.9 Å². The first kappa shape index (κ1) is 15.6. The molecule has 0 amide bonds. The van der Waals surface area contributed by atoms with Crippen molar-refractivity contribution in [2.24, 2.45) is 0 Å². The molecule has 1 fully saturated rings. The number of aromatic nitrogens is 3. The topological polar surface area (TPSA) is 106 Å². The van der Waals surface area contributed by atoms with Crippen LogP contribution in [0.4, 0.5) is 5.82 Å². The van der Waals surface area contributed by atoms with Gasteiger partial charge in [0.25, 0.3) is 0 Å². The molecule has 1 aliphatic carbocycles. The van der Waals surface area contributed by atoms with Crippen LogP contribution in [0.15, 0.2) is 18.6 Å². The molecule has 4 rings (SSSR count). The maximum Gasteiger partial charge on any atom is 0.161 e. The highest BCUT2D eigenvalue weighted by Gasteiger charge is 2.36. The average Bonchev–Trinajstić information content (AvgIpc) is 3.17. The van der Waals surface area contributed by atoms with E-state index in [0.29, 0.717) is 17.9 Å². The summed E-state index contributed by atoms with van der Waals surface area (Å²) >= 11 is 0. The van der Waals surface area contributed by atoms with Gasteiger partial charge in [0.2, 0.25) is 0 Å². The molecule has 0 spiro atoms. The highest BCUT2D eigenvalue weighted by Crippen LogP contribution is 2.38. The fraction of sp³-hybridized carbons (Fsp3) is 0.529. The zero-order valence-corrected chi connectivity index (χ0v) is 13.4. The van der Waals surface area contributed by atoms with Gasteiger partial charge in [-0.1, -0.05) is 6.08 Å². The van der Waals surface area contributed by atoms with Gasteiger partial charge in [-0.3, -0.25) is 0 Å². The van der Waals surface area contributed by atoms with E-state index in [1.165, 1.54) is 18.3 Å². The van der Waals surface area contributed by atoms with Gasteiger partial charge in [0.15, 0.2) is 6.23 Å². The van der Waals surface area contributed by atoms with E-state index >= 15 is 0 Å². The minimum atomic E-state index is -0.692. The maximum atomic E-state index is 10.3. The minimum Gasteiger partial charge on any atom is -0.394 e. The molecule has 2 aliphatic rings. The summed E-state index contributed by atoms with van der Waals surface area (Å²) < 4.78 is 7.63. The molecule has 7 nitrogen and oxygen atoms in total. The number of rotatable bonds is 3. The lowest BCUT2D eigenvalue weighted by Crippen LogP contribution is -2.19. The normalized spacial score (nSPS) is 27.6. The van der Waals surface area contributed by atoms with Crippen LogP contribution in [0.1, 0.15) is 43.9 Å². The lowest BCUT2D eigenvalue weighted by atomic mass is 9.94. The quantitative estimate of drug-likeness (QED) is 0.789. The van der Waals surface area contributed by atoms with E-state index in [1.807, 2.05) is 10.8 Å². The van der Waals surface area contributed by atoms with Crippen LogP contribution in [0.3, 0.4) is 0 Å². The van der Waals surface area contributed by atoms with Crippen molar-refractivity contribution >= 4 is 22.4 Å². The third kappa shape index (κ3) is 2.49. The zero-order valence-electron chi connectivity index (χ0n) is 13.4. The largest absolute Gasteiger partial charge is 0.394 e. The van der Waals surface area contributed by atoms with Crippen molar-refractivity contribution in [3.8, 4) is 0 Å². The van der Waals surface area contributed by atoms with E-state index in [9.17, 15) is 10.2 Å². The Balaban J connectivity index is 1.85. The lowest BCUT2D eigenvalue weighted by Gasteiger charge is -2.17. The summed E-state index contributed by atoms with van der Waals surface area (Å²) in [6.45, 7) is -0.109. The Bertz CT molecular complexity index is 785. The highest BCUT2D eigenvalue weighted by molar-refractivity contribution is 5.97. The minimum absolute atomic E-state index is 0.109. The molecular formula is C17H22N4O3. The first-order valence-corrected chi connectivity index (χ1v) is 8.44. The molecule has 128 valence electrons. The lowest BCUT2D eigenvalue weighted by molar-refractivity contribution is -0.0484. The van der Waals surface area contributed by atoms with Crippen molar-refractivity contribution in [1.82, 2.24) is 14.5 Å². The average molecular weight is 330 g/mol. The van der Waals surface area contributed by atoms with Gasteiger partial charge in [-0.2, -0.15) is 0 Å². The molecule has 0 unspecified atom stereocenters. The fourth-order valence-corrected chi connectivity index (χ4v) is 3.73. The number of nitrogens with two attached hydrogens (primary N) is 1. The van der Waals surface area contributed by atoms with E-state index in [-0.39, 0.29) is 12.7 Å². The Morgan fingerprint density at radius 3 is 2.92 bits per heavy atom. The van der Waals surface area contributed by atoms with Crippen LogP contribution in [0.5, 0.6) is 0 Å². The van der Waals surface area contributed by atoms with E-state index < -0.39 is 12.3 Å². The van der Waals surface area contributed by atoms with Crippen LogP contribution >= 0.6 is 0 Å². The van der Waals surface area contributed by atoms with Crippen molar-refractivity contribution in [3.63, 3.8) is 0 Å². The smallest absolute Gasteiger partial charge is 0.161 e. The summed E-state index contributed by atoms with van der Waals surface area (Å²) in [6, 6.07) is 0. The Morgan fingerprint density at radius 1 is 1.33 bits per heavy atom. The second-order valence-corrected chi connectivity index (χ2v) is 6.52. The first-order chi connectivity index (χ1) is 11.7. The molecule has 4 N–H and O–H groups in total. The molecule has 3 heterocycles. The molecule has 3 atom stereocenters. The number of anilines is 1. The molecule has 0 bridgehead atoms. The number of hydrogen-bond acceptors (Lipinski definition) is 6. The van der Waals surface area contributed by atoms with Crippen LogP contribution in [0.2, 0.25) is 0 Å². The second kappa shape index (κ2) is 6.16. The van der Waals surface area contributed by atoms with Gasteiger partial charge < -0.3 is 25.3 Å². The summed E-state index contributed by atoms with van der Waals surface area (Å²) in [5.74, 6) is 0.436. The molecule has 1 saturated heterocycles. The van der Waals surface area contributed by atoms with Gasteiger partial charge in [0, 0.05) is 18.2 Å². The summed E-state index contributed by atoms with van der Waals surface area (Å²) in [4.78, 5) is 8.51. The molecule has 2 aromatic rings. The number of aliphatic hydroxyl groups excluding tert-OH is 2. The third-order valence-corrected chi connectivity index (χ3v) is 4.92. The van der Waals surface area contributed by atoms with Crippen LogP contribution in [0, 0.1) is 0 Å². The SMILES string of the molecule is Nc1ncnc2c1c(C1=CCCCC1)cn2[C@@H]1O[C@H](CO)C[C@H]1O. The van der Waals surface area contributed by atoms with E-state index in [2.05, 4.69) is 16.0 Å². The molecule has 7 heteroatoms. The molecule has 0 saturated carbocycles. The van der Waals surface area contributed by atoms with E-state index in [4.69, 9.17) is 10.5 Å². The number of nitrogens with zero attached hydrogens (tertiary/aromatic N) is 3. The molecule has 0 radical (unpaired) electrons. The Kier molecular flexibility index (Phi) is 3.99. The molecule has 2 aromatic heterocycles. The van der Waals surface area contributed by atoms with Gasteiger partial charge in [-0.15, -0.1) is 0 Å².